The Morgan fingerprint density at radius 3 is 2.70 bits per heavy atom. The summed E-state index contributed by atoms with van der Waals surface area (Å²) in [6, 6.07) is 13.0. The fraction of sp³-hybridized carbons (Fsp3) is 0.389. The smallest absolute Gasteiger partial charge is 0.171 e. The van der Waals surface area contributed by atoms with Crippen molar-refractivity contribution in [2.45, 2.75) is 32.4 Å². The molecule has 1 saturated heterocycles. The standard InChI is InChI=1S/C18H23N3S2/c1-14-5-2-3-7-17(14)20-18(22)19-15-8-10-21(11-9-15)13-16-6-4-12-23-16/h2-7,12,15H,8-11,13H2,1H3,(H2,19,20,22). The molecule has 0 atom stereocenters. The van der Waals surface area contributed by atoms with E-state index in [2.05, 4.69) is 52.1 Å². The van der Waals surface area contributed by atoms with Crippen molar-refractivity contribution < 1.29 is 0 Å². The number of aryl methyl sites for hydroxylation is 1. The predicted molar refractivity (Wildman–Crippen MR) is 103 cm³/mol. The lowest BCUT2D eigenvalue weighted by atomic mass is 10.1. The number of hydrogen-bond acceptors (Lipinski definition) is 3. The van der Waals surface area contributed by atoms with E-state index in [4.69, 9.17) is 12.2 Å². The second-order valence-corrected chi connectivity index (χ2v) is 7.48. The molecule has 1 aliphatic rings. The molecule has 0 spiro atoms. The van der Waals surface area contributed by atoms with E-state index in [0.717, 1.165) is 43.3 Å². The minimum absolute atomic E-state index is 0.471. The van der Waals surface area contributed by atoms with Gasteiger partial charge in [-0.2, -0.15) is 0 Å². The second-order valence-electron chi connectivity index (χ2n) is 6.04. The number of thiophene rings is 1. The van der Waals surface area contributed by atoms with Crippen molar-refractivity contribution in [3.63, 3.8) is 0 Å². The highest BCUT2D eigenvalue weighted by Crippen LogP contribution is 2.17. The maximum absolute atomic E-state index is 5.47. The molecule has 0 unspecified atom stereocenters. The molecule has 0 saturated carbocycles. The SMILES string of the molecule is Cc1ccccc1NC(=S)NC1CCN(Cc2cccs2)CC1. The van der Waals surface area contributed by atoms with E-state index < -0.39 is 0 Å². The Labute approximate surface area is 147 Å². The molecule has 0 aliphatic carbocycles. The van der Waals surface area contributed by atoms with Crippen LogP contribution in [0.15, 0.2) is 41.8 Å². The van der Waals surface area contributed by atoms with Gasteiger partial charge in [0.15, 0.2) is 5.11 Å². The summed E-state index contributed by atoms with van der Waals surface area (Å²) in [5, 5.41) is 9.67. The quantitative estimate of drug-likeness (QED) is 0.819. The summed E-state index contributed by atoms with van der Waals surface area (Å²) in [4.78, 5) is 3.98. The zero-order chi connectivity index (χ0) is 16.1. The molecule has 2 heterocycles. The summed E-state index contributed by atoms with van der Waals surface area (Å²) < 4.78 is 0. The molecule has 23 heavy (non-hydrogen) atoms. The van der Waals surface area contributed by atoms with E-state index in [9.17, 15) is 0 Å². The highest BCUT2D eigenvalue weighted by Gasteiger charge is 2.20. The first-order valence-corrected chi connectivity index (χ1v) is 9.37. The maximum atomic E-state index is 5.47. The number of para-hydroxylation sites is 1. The van der Waals surface area contributed by atoms with Crippen molar-refractivity contribution in [2.24, 2.45) is 0 Å². The Hall–Kier alpha value is -1.43. The highest BCUT2D eigenvalue weighted by atomic mass is 32.1. The normalized spacial score (nSPS) is 16.2. The summed E-state index contributed by atoms with van der Waals surface area (Å²) in [5.41, 5.74) is 2.29. The van der Waals surface area contributed by atoms with Crippen LogP contribution in [0.2, 0.25) is 0 Å². The summed E-state index contributed by atoms with van der Waals surface area (Å²) >= 11 is 7.31. The van der Waals surface area contributed by atoms with Crippen LogP contribution in [0.5, 0.6) is 0 Å². The number of nitrogens with one attached hydrogen (secondary N) is 2. The van der Waals surface area contributed by atoms with Gasteiger partial charge in [-0.1, -0.05) is 24.3 Å². The lowest BCUT2D eigenvalue weighted by Gasteiger charge is -2.32. The molecule has 3 rings (SSSR count). The Balaban J connectivity index is 1.43. The Bertz CT molecular complexity index is 631. The number of rotatable bonds is 4. The molecule has 0 bridgehead atoms. The molecule has 0 radical (unpaired) electrons. The van der Waals surface area contributed by atoms with Crippen molar-refractivity contribution in [2.75, 3.05) is 18.4 Å². The van der Waals surface area contributed by atoms with Gasteiger partial charge in [0.2, 0.25) is 0 Å². The highest BCUT2D eigenvalue weighted by molar-refractivity contribution is 7.80. The largest absolute Gasteiger partial charge is 0.360 e. The van der Waals surface area contributed by atoms with Crippen molar-refractivity contribution >= 4 is 34.4 Å². The lowest BCUT2D eigenvalue weighted by molar-refractivity contribution is 0.201. The van der Waals surface area contributed by atoms with Crippen molar-refractivity contribution in [1.82, 2.24) is 10.2 Å². The van der Waals surface area contributed by atoms with Gasteiger partial charge in [-0.3, -0.25) is 4.90 Å². The molecule has 5 heteroatoms. The third kappa shape index (κ3) is 4.77. The fourth-order valence-electron chi connectivity index (χ4n) is 2.92. The maximum Gasteiger partial charge on any atom is 0.171 e. The van der Waals surface area contributed by atoms with Gasteiger partial charge >= 0.3 is 0 Å². The van der Waals surface area contributed by atoms with Gasteiger partial charge in [0, 0.05) is 36.2 Å². The van der Waals surface area contributed by atoms with E-state index in [1.807, 2.05) is 23.5 Å². The zero-order valence-corrected chi connectivity index (χ0v) is 15.1. The number of piperidine rings is 1. The number of nitrogens with zero attached hydrogens (tertiary/aromatic N) is 1. The summed E-state index contributed by atoms with van der Waals surface area (Å²) in [7, 11) is 0. The molecule has 1 aromatic carbocycles. The molecule has 1 aromatic heterocycles. The molecule has 0 amide bonds. The Morgan fingerprint density at radius 2 is 2.00 bits per heavy atom. The minimum atomic E-state index is 0.471. The summed E-state index contributed by atoms with van der Waals surface area (Å²) in [6.07, 6.45) is 2.28. The van der Waals surface area contributed by atoms with E-state index in [1.54, 1.807) is 0 Å². The summed E-state index contributed by atoms with van der Waals surface area (Å²) in [6.45, 7) is 5.43. The van der Waals surface area contributed by atoms with Crippen LogP contribution in [0.3, 0.4) is 0 Å². The van der Waals surface area contributed by atoms with E-state index in [-0.39, 0.29) is 0 Å². The van der Waals surface area contributed by atoms with Gasteiger partial charge in [-0.05, 0) is 55.1 Å². The van der Waals surface area contributed by atoms with Crippen molar-refractivity contribution in [3.05, 3.63) is 52.2 Å². The number of anilines is 1. The van der Waals surface area contributed by atoms with E-state index in [1.165, 1.54) is 10.4 Å². The molecular formula is C18H23N3S2. The summed E-state index contributed by atoms with van der Waals surface area (Å²) in [5.74, 6) is 0. The number of benzene rings is 1. The van der Waals surface area contributed by atoms with Crippen molar-refractivity contribution in [1.29, 1.82) is 0 Å². The van der Waals surface area contributed by atoms with Gasteiger partial charge in [-0.15, -0.1) is 11.3 Å². The van der Waals surface area contributed by atoms with Crippen LogP contribution in [-0.2, 0) is 6.54 Å². The predicted octanol–water partition coefficient (Wildman–Crippen LogP) is 4.01. The zero-order valence-electron chi connectivity index (χ0n) is 13.4. The van der Waals surface area contributed by atoms with E-state index in [0.29, 0.717) is 6.04 Å². The molecule has 1 fully saturated rings. The molecule has 2 N–H and O–H groups in total. The first-order valence-electron chi connectivity index (χ1n) is 8.08. The number of likely N-dealkylation sites (tertiary alicyclic amines) is 1. The number of thiocarbonyl (C=S) groups is 1. The first kappa shape index (κ1) is 16.4. The topological polar surface area (TPSA) is 27.3 Å². The Kier molecular flexibility index (Phi) is 5.65. The fourth-order valence-corrected chi connectivity index (χ4v) is 3.94. The lowest BCUT2D eigenvalue weighted by Crippen LogP contribution is -2.45. The van der Waals surface area contributed by atoms with Gasteiger partial charge < -0.3 is 10.6 Å². The van der Waals surface area contributed by atoms with Gasteiger partial charge in [-0.25, -0.2) is 0 Å². The second kappa shape index (κ2) is 7.90. The Morgan fingerprint density at radius 1 is 1.22 bits per heavy atom. The average Bonchev–Trinajstić information content (AvgIpc) is 3.04. The first-order chi connectivity index (χ1) is 11.2. The monoisotopic (exact) mass is 345 g/mol. The van der Waals surface area contributed by atoms with Crippen LogP contribution >= 0.6 is 23.6 Å². The minimum Gasteiger partial charge on any atom is -0.360 e. The van der Waals surface area contributed by atoms with Gasteiger partial charge in [0.25, 0.3) is 0 Å². The van der Waals surface area contributed by atoms with Crippen LogP contribution < -0.4 is 10.6 Å². The molecule has 2 aromatic rings. The molecule has 122 valence electrons. The third-order valence-corrected chi connectivity index (χ3v) is 5.36. The third-order valence-electron chi connectivity index (χ3n) is 4.28. The van der Waals surface area contributed by atoms with Crippen LogP contribution in [0.4, 0.5) is 5.69 Å². The van der Waals surface area contributed by atoms with Crippen LogP contribution in [0, 0.1) is 6.92 Å². The average molecular weight is 346 g/mol. The molecular weight excluding hydrogens is 322 g/mol. The van der Waals surface area contributed by atoms with Crippen LogP contribution in [-0.4, -0.2) is 29.1 Å². The van der Waals surface area contributed by atoms with E-state index >= 15 is 0 Å². The van der Waals surface area contributed by atoms with Crippen molar-refractivity contribution in [3.8, 4) is 0 Å². The number of hydrogen-bond donors (Lipinski definition) is 2. The van der Waals surface area contributed by atoms with Gasteiger partial charge in [0.05, 0.1) is 0 Å². The molecule has 1 aliphatic heterocycles. The molecule has 3 nitrogen and oxygen atoms in total. The van der Waals surface area contributed by atoms with Crippen LogP contribution in [0.1, 0.15) is 23.3 Å². The van der Waals surface area contributed by atoms with Crippen LogP contribution in [0.25, 0.3) is 0 Å². The van der Waals surface area contributed by atoms with Gasteiger partial charge in [0.1, 0.15) is 0 Å².